The molecular formula is C19H14F4N2O6S. The van der Waals surface area contributed by atoms with Gasteiger partial charge in [-0.05, 0) is 43.3 Å². The number of carbonyl (C=O) groups is 1. The summed E-state index contributed by atoms with van der Waals surface area (Å²) in [7, 11) is -4.28. The van der Waals surface area contributed by atoms with Crippen LogP contribution in [0.4, 0.5) is 17.6 Å². The Kier molecular flexibility index (Phi) is 5.96. The van der Waals surface area contributed by atoms with Gasteiger partial charge in [-0.15, -0.1) is 13.2 Å². The largest absolute Gasteiger partial charge is 0.573 e. The van der Waals surface area contributed by atoms with Gasteiger partial charge in [-0.1, -0.05) is 0 Å². The number of nitrogens with zero attached hydrogens (tertiary/aromatic N) is 2. The quantitative estimate of drug-likeness (QED) is 0.414. The zero-order valence-electron chi connectivity index (χ0n) is 16.4. The van der Waals surface area contributed by atoms with Crippen LogP contribution >= 0.6 is 0 Å². The van der Waals surface area contributed by atoms with E-state index in [-0.39, 0.29) is 17.8 Å². The summed E-state index contributed by atoms with van der Waals surface area (Å²) < 4.78 is 85.6. The highest BCUT2D eigenvalue weighted by Gasteiger charge is 2.31. The molecule has 0 radical (unpaired) electrons. The van der Waals surface area contributed by atoms with Gasteiger partial charge in [-0.25, -0.2) is 22.3 Å². The van der Waals surface area contributed by atoms with Crippen LogP contribution in [0.15, 0.2) is 46.1 Å². The monoisotopic (exact) mass is 474 g/mol. The van der Waals surface area contributed by atoms with Crippen LogP contribution < -0.4 is 10.2 Å². The second-order valence-corrected chi connectivity index (χ2v) is 8.35. The topological polar surface area (TPSA) is 105 Å². The predicted octanol–water partition coefficient (Wildman–Crippen LogP) is 3.00. The molecule has 0 bridgehead atoms. The van der Waals surface area contributed by atoms with E-state index >= 15 is 0 Å². The Labute approximate surface area is 177 Å². The molecule has 0 amide bonds. The summed E-state index contributed by atoms with van der Waals surface area (Å²) in [5, 5.41) is 3.24. The maximum Gasteiger partial charge on any atom is 0.573 e. The van der Waals surface area contributed by atoms with E-state index in [2.05, 4.69) is 9.84 Å². The Morgan fingerprint density at radius 1 is 1.12 bits per heavy atom. The van der Waals surface area contributed by atoms with Crippen LogP contribution in [0.1, 0.15) is 17.4 Å². The van der Waals surface area contributed by atoms with Gasteiger partial charge in [0.15, 0.2) is 9.84 Å². The van der Waals surface area contributed by atoms with E-state index in [0.717, 1.165) is 41.1 Å². The van der Waals surface area contributed by atoms with Crippen LogP contribution in [0, 0.1) is 5.82 Å². The molecular weight excluding hydrogens is 460 g/mol. The number of benzene rings is 2. The number of hydrogen-bond donors (Lipinski definition) is 0. The van der Waals surface area contributed by atoms with Crippen molar-refractivity contribution in [2.24, 2.45) is 0 Å². The molecule has 2 aromatic carbocycles. The summed E-state index contributed by atoms with van der Waals surface area (Å²) in [6.07, 6.45) is -4.24. The van der Waals surface area contributed by atoms with E-state index in [1.54, 1.807) is 0 Å². The number of halogens is 4. The van der Waals surface area contributed by atoms with E-state index < -0.39 is 55.1 Å². The number of hydrogen-bond acceptors (Lipinski definition) is 7. The number of rotatable bonds is 5. The van der Waals surface area contributed by atoms with Crippen LogP contribution in [-0.2, 0) is 14.6 Å². The highest BCUT2D eigenvalue weighted by molar-refractivity contribution is 7.91. The highest BCUT2D eigenvalue weighted by Crippen LogP contribution is 2.27. The van der Waals surface area contributed by atoms with Crippen molar-refractivity contribution in [2.75, 3.05) is 12.9 Å². The summed E-state index contributed by atoms with van der Waals surface area (Å²) in [5.41, 5.74) is -2.17. The van der Waals surface area contributed by atoms with Crippen LogP contribution in [0.25, 0.3) is 16.6 Å². The zero-order valence-corrected chi connectivity index (χ0v) is 17.3. The Morgan fingerprint density at radius 2 is 1.75 bits per heavy atom. The molecule has 0 unspecified atom stereocenters. The Hall–Kier alpha value is -3.48. The van der Waals surface area contributed by atoms with Gasteiger partial charge in [-0.2, -0.15) is 5.10 Å². The minimum atomic E-state index is -4.93. The number of sulfone groups is 1. The number of carbonyl (C=O) groups excluding carboxylic acids is 1. The fourth-order valence-electron chi connectivity index (χ4n) is 2.94. The molecule has 0 N–H and O–H groups in total. The van der Waals surface area contributed by atoms with Gasteiger partial charge >= 0.3 is 12.3 Å². The number of esters is 1. The van der Waals surface area contributed by atoms with E-state index in [1.165, 1.54) is 6.92 Å². The summed E-state index contributed by atoms with van der Waals surface area (Å²) >= 11 is 0. The second-order valence-electron chi connectivity index (χ2n) is 6.39. The fourth-order valence-corrected chi connectivity index (χ4v) is 3.93. The molecule has 1 aromatic heterocycles. The third-order valence-electron chi connectivity index (χ3n) is 4.11. The smallest absolute Gasteiger partial charge is 0.461 e. The Morgan fingerprint density at radius 3 is 2.28 bits per heavy atom. The third-order valence-corrected chi connectivity index (χ3v) is 5.25. The molecule has 0 aliphatic heterocycles. The summed E-state index contributed by atoms with van der Waals surface area (Å²) in [6.45, 7) is 1.32. The molecule has 1 heterocycles. The average Bonchev–Trinajstić information content (AvgIpc) is 2.67. The molecule has 0 aliphatic carbocycles. The normalized spacial score (nSPS) is 12.1. The van der Waals surface area contributed by atoms with Gasteiger partial charge in [0.05, 0.1) is 23.2 Å². The van der Waals surface area contributed by atoms with E-state index in [1.807, 2.05) is 0 Å². The fraction of sp³-hybridized carbons (Fsp3) is 0.211. The predicted molar refractivity (Wildman–Crippen MR) is 103 cm³/mol. The molecule has 32 heavy (non-hydrogen) atoms. The molecule has 0 atom stereocenters. The number of ether oxygens (including phenoxy) is 2. The van der Waals surface area contributed by atoms with Gasteiger partial charge in [0.2, 0.25) is 11.1 Å². The van der Waals surface area contributed by atoms with Gasteiger partial charge < -0.3 is 9.47 Å². The lowest BCUT2D eigenvalue weighted by molar-refractivity contribution is -0.274. The number of aromatic nitrogens is 2. The van der Waals surface area contributed by atoms with Crippen LogP contribution in [0.2, 0.25) is 0 Å². The zero-order chi connectivity index (χ0) is 23.8. The summed E-state index contributed by atoms with van der Waals surface area (Å²) in [6, 6.07) is 5.98. The van der Waals surface area contributed by atoms with Crippen LogP contribution in [0.5, 0.6) is 5.75 Å². The molecule has 0 spiro atoms. The molecule has 3 aromatic rings. The maximum atomic E-state index is 14.4. The van der Waals surface area contributed by atoms with Crippen LogP contribution in [0.3, 0.4) is 0 Å². The molecule has 170 valence electrons. The second kappa shape index (κ2) is 8.22. The Bertz CT molecular complexity index is 1370. The van der Waals surface area contributed by atoms with Crippen molar-refractivity contribution in [3.63, 3.8) is 0 Å². The van der Waals surface area contributed by atoms with Gasteiger partial charge in [0, 0.05) is 6.26 Å². The molecule has 0 saturated carbocycles. The lowest BCUT2D eigenvalue weighted by Crippen LogP contribution is -2.26. The maximum absolute atomic E-state index is 14.4. The van der Waals surface area contributed by atoms with E-state index in [4.69, 9.17) is 4.74 Å². The molecule has 13 heteroatoms. The Balaban J connectivity index is 2.37. The van der Waals surface area contributed by atoms with Crippen molar-refractivity contribution in [1.29, 1.82) is 0 Å². The SMILES string of the molecule is CCOC(=O)c1nn(-c2ccc(OC(F)(F)F)cc2)c2ccc(F)c(S(C)(=O)=O)c2c1=O. The molecule has 0 saturated heterocycles. The van der Waals surface area contributed by atoms with Crippen molar-refractivity contribution in [3.8, 4) is 11.4 Å². The lowest BCUT2D eigenvalue weighted by atomic mass is 10.1. The van der Waals surface area contributed by atoms with Crippen molar-refractivity contribution in [1.82, 2.24) is 9.78 Å². The highest BCUT2D eigenvalue weighted by atomic mass is 32.2. The van der Waals surface area contributed by atoms with E-state index in [9.17, 15) is 35.6 Å². The first kappa shape index (κ1) is 23.2. The van der Waals surface area contributed by atoms with Crippen molar-refractivity contribution in [3.05, 3.63) is 58.1 Å². The third kappa shape index (κ3) is 4.56. The first-order chi connectivity index (χ1) is 14.8. The average molecular weight is 474 g/mol. The first-order valence-electron chi connectivity index (χ1n) is 8.82. The van der Waals surface area contributed by atoms with Gasteiger partial charge in [0.1, 0.15) is 16.5 Å². The minimum absolute atomic E-state index is 0.0288. The van der Waals surface area contributed by atoms with Crippen molar-refractivity contribution < 1.29 is 40.2 Å². The standard InChI is InChI=1S/C19H14F4N2O6S/c1-3-30-18(27)15-16(26)14-13(9-8-12(20)17(14)32(2,28)29)25(24-15)10-4-6-11(7-5-10)31-19(21,22)23/h4-9H,3H2,1-2H3. The molecule has 8 nitrogen and oxygen atoms in total. The summed E-state index contributed by atoms with van der Waals surface area (Å²) in [5.74, 6) is -2.97. The van der Waals surface area contributed by atoms with Gasteiger partial charge in [-0.3, -0.25) is 4.79 Å². The van der Waals surface area contributed by atoms with E-state index in [0.29, 0.717) is 6.26 Å². The van der Waals surface area contributed by atoms with Crippen molar-refractivity contribution >= 4 is 26.7 Å². The first-order valence-corrected chi connectivity index (χ1v) is 10.7. The number of fused-ring (bicyclic) bond motifs is 1. The summed E-state index contributed by atoms with van der Waals surface area (Å²) in [4.78, 5) is 24.2. The molecule has 0 aliphatic rings. The molecule has 3 rings (SSSR count). The van der Waals surface area contributed by atoms with Crippen molar-refractivity contribution in [2.45, 2.75) is 18.2 Å². The minimum Gasteiger partial charge on any atom is -0.461 e. The number of alkyl halides is 3. The molecule has 0 fully saturated rings. The van der Waals surface area contributed by atoms with Gasteiger partial charge in [0.25, 0.3) is 0 Å². The lowest BCUT2D eigenvalue weighted by Gasteiger charge is -2.15. The van der Waals surface area contributed by atoms with Crippen LogP contribution in [-0.4, -0.2) is 43.4 Å².